The summed E-state index contributed by atoms with van der Waals surface area (Å²) in [4.78, 5) is 26.6. The van der Waals surface area contributed by atoms with Gasteiger partial charge in [-0.15, -0.1) is 0 Å². The minimum atomic E-state index is 0.0670. The number of fused-ring (bicyclic) bond motifs is 2. The fraction of sp³-hybridized carbons (Fsp3) is 0.308. The lowest BCUT2D eigenvalue weighted by Gasteiger charge is -2.28. The SMILES string of the molecule is O=c1[nH]c(CC2CC2)nc2c1CCN(Cc1c(-c3ccccc3)[nH]c3ccccc13)C2. The summed E-state index contributed by atoms with van der Waals surface area (Å²) in [5, 5.41) is 1.26. The van der Waals surface area contributed by atoms with Crippen LogP contribution in [0.5, 0.6) is 0 Å². The predicted octanol–water partition coefficient (Wildman–Crippen LogP) is 4.43. The van der Waals surface area contributed by atoms with Crippen molar-refractivity contribution in [3.8, 4) is 11.3 Å². The lowest BCUT2D eigenvalue weighted by molar-refractivity contribution is 0.241. The Bertz CT molecular complexity index is 1300. The molecule has 4 aromatic rings. The Balaban J connectivity index is 1.34. The molecule has 1 aliphatic heterocycles. The molecule has 5 heteroatoms. The van der Waals surface area contributed by atoms with E-state index in [-0.39, 0.29) is 5.56 Å². The molecule has 5 nitrogen and oxygen atoms in total. The number of rotatable bonds is 5. The highest BCUT2D eigenvalue weighted by atomic mass is 16.1. The fourth-order valence-corrected chi connectivity index (χ4v) is 4.81. The first-order valence-electron chi connectivity index (χ1n) is 11.2. The van der Waals surface area contributed by atoms with Crippen LogP contribution in [-0.2, 0) is 25.9 Å². The van der Waals surface area contributed by atoms with Gasteiger partial charge >= 0.3 is 0 Å². The Hall–Kier alpha value is -3.18. The van der Waals surface area contributed by atoms with Crippen LogP contribution in [-0.4, -0.2) is 26.4 Å². The van der Waals surface area contributed by atoms with Crippen molar-refractivity contribution < 1.29 is 0 Å². The number of para-hydroxylation sites is 1. The van der Waals surface area contributed by atoms with Crippen LogP contribution in [0.4, 0.5) is 0 Å². The van der Waals surface area contributed by atoms with Crippen LogP contribution < -0.4 is 5.56 Å². The first-order valence-corrected chi connectivity index (χ1v) is 11.2. The zero-order chi connectivity index (χ0) is 20.8. The summed E-state index contributed by atoms with van der Waals surface area (Å²) in [5.41, 5.74) is 6.76. The van der Waals surface area contributed by atoms with E-state index >= 15 is 0 Å². The Morgan fingerprint density at radius 1 is 1.00 bits per heavy atom. The second kappa shape index (κ2) is 7.50. The minimum absolute atomic E-state index is 0.0670. The first-order chi connectivity index (χ1) is 15.2. The quantitative estimate of drug-likeness (QED) is 0.512. The molecule has 0 saturated heterocycles. The second-order valence-electron chi connectivity index (χ2n) is 8.94. The van der Waals surface area contributed by atoms with Crippen molar-refractivity contribution in [1.82, 2.24) is 19.9 Å². The minimum Gasteiger partial charge on any atom is -0.354 e. The van der Waals surface area contributed by atoms with E-state index in [2.05, 4.69) is 69.5 Å². The maximum Gasteiger partial charge on any atom is 0.254 e. The predicted molar refractivity (Wildman–Crippen MR) is 123 cm³/mol. The molecule has 2 N–H and O–H groups in total. The normalized spacial score (nSPS) is 16.5. The summed E-state index contributed by atoms with van der Waals surface area (Å²) < 4.78 is 0. The Morgan fingerprint density at radius 3 is 2.65 bits per heavy atom. The summed E-state index contributed by atoms with van der Waals surface area (Å²) >= 11 is 0. The molecule has 3 heterocycles. The number of nitrogens with zero attached hydrogens (tertiary/aromatic N) is 2. The van der Waals surface area contributed by atoms with E-state index in [1.54, 1.807) is 0 Å². The van der Waals surface area contributed by atoms with E-state index < -0.39 is 0 Å². The molecule has 2 aromatic heterocycles. The van der Waals surface area contributed by atoms with E-state index in [1.807, 2.05) is 0 Å². The van der Waals surface area contributed by atoms with E-state index in [4.69, 9.17) is 4.98 Å². The molecule has 0 atom stereocenters. The maximum atomic E-state index is 12.6. The summed E-state index contributed by atoms with van der Waals surface area (Å²) in [7, 11) is 0. The van der Waals surface area contributed by atoms with E-state index in [0.29, 0.717) is 5.92 Å². The average molecular weight is 411 g/mol. The highest BCUT2D eigenvalue weighted by molar-refractivity contribution is 5.90. The van der Waals surface area contributed by atoms with Gasteiger partial charge in [0.2, 0.25) is 0 Å². The zero-order valence-corrected chi connectivity index (χ0v) is 17.5. The standard InChI is InChI=1S/C26H26N4O/c31-26-20-12-13-30(16-23(20)27-24(29-26)14-17-10-11-17)15-21-19-8-4-5-9-22(19)28-25(21)18-6-2-1-3-7-18/h1-9,17,28H,10-16H2,(H,27,29,31). The molecule has 0 unspecified atom stereocenters. The van der Waals surface area contributed by atoms with Crippen molar-refractivity contribution in [2.75, 3.05) is 6.54 Å². The Labute approximate surface area is 181 Å². The average Bonchev–Trinajstić information content (AvgIpc) is 3.53. The summed E-state index contributed by atoms with van der Waals surface area (Å²) in [6.07, 6.45) is 4.18. The molecular weight excluding hydrogens is 384 g/mol. The molecular formula is C26H26N4O. The highest BCUT2D eigenvalue weighted by Gasteiger charge is 2.26. The van der Waals surface area contributed by atoms with Crippen LogP contribution in [0.3, 0.4) is 0 Å². The van der Waals surface area contributed by atoms with Gasteiger partial charge in [0.1, 0.15) is 5.82 Å². The number of aromatic amines is 2. The van der Waals surface area contributed by atoms with Crippen molar-refractivity contribution >= 4 is 10.9 Å². The molecule has 0 bridgehead atoms. The van der Waals surface area contributed by atoms with Crippen molar-refractivity contribution in [3.63, 3.8) is 0 Å². The summed E-state index contributed by atoms with van der Waals surface area (Å²) in [5.74, 6) is 1.57. The summed E-state index contributed by atoms with van der Waals surface area (Å²) in [6, 6.07) is 19.0. The van der Waals surface area contributed by atoms with Gasteiger partial charge in [-0.2, -0.15) is 0 Å². The van der Waals surface area contributed by atoms with Crippen molar-refractivity contribution in [3.05, 3.63) is 87.6 Å². The van der Waals surface area contributed by atoms with Crippen molar-refractivity contribution in [1.29, 1.82) is 0 Å². The second-order valence-corrected chi connectivity index (χ2v) is 8.94. The number of H-pyrrole nitrogens is 2. The molecule has 1 saturated carbocycles. The topological polar surface area (TPSA) is 64.8 Å². The van der Waals surface area contributed by atoms with E-state index in [1.165, 1.54) is 35.0 Å². The third kappa shape index (κ3) is 3.59. The monoisotopic (exact) mass is 410 g/mol. The van der Waals surface area contributed by atoms with Gasteiger partial charge in [0.25, 0.3) is 5.56 Å². The molecule has 2 aromatic carbocycles. The van der Waals surface area contributed by atoms with Gasteiger partial charge < -0.3 is 9.97 Å². The van der Waals surface area contributed by atoms with Gasteiger partial charge in [-0.25, -0.2) is 4.98 Å². The number of nitrogens with one attached hydrogen (secondary N) is 2. The lowest BCUT2D eigenvalue weighted by atomic mass is 10.0. The smallest absolute Gasteiger partial charge is 0.254 e. The molecule has 31 heavy (non-hydrogen) atoms. The van der Waals surface area contributed by atoms with E-state index in [9.17, 15) is 4.79 Å². The van der Waals surface area contributed by atoms with Crippen LogP contribution in [0, 0.1) is 5.92 Å². The summed E-state index contributed by atoms with van der Waals surface area (Å²) in [6.45, 7) is 2.43. The maximum absolute atomic E-state index is 12.6. The van der Waals surface area contributed by atoms with Crippen LogP contribution in [0.2, 0.25) is 0 Å². The van der Waals surface area contributed by atoms with E-state index in [0.717, 1.165) is 55.1 Å². The number of hydrogen-bond acceptors (Lipinski definition) is 3. The van der Waals surface area contributed by atoms with Gasteiger partial charge in [0.15, 0.2) is 0 Å². The third-order valence-electron chi connectivity index (χ3n) is 6.64. The molecule has 0 spiro atoms. The van der Waals surface area contributed by atoms with Gasteiger partial charge in [-0.1, -0.05) is 48.5 Å². The first kappa shape index (κ1) is 18.6. The molecule has 2 aliphatic rings. The Morgan fingerprint density at radius 2 is 1.81 bits per heavy atom. The van der Waals surface area contributed by atoms with Crippen molar-refractivity contribution in [2.45, 2.75) is 38.8 Å². The Kier molecular flexibility index (Phi) is 4.50. The van der Waals surface area contributed by atoms with Crippen LogP contribution in [0.15, 0.2) is 59.4 Å². The van der Waals surface area contributed by atoms with Gasteiger partial charge in [0.05, 0.1) is 11.4 Å². The van der Waals surface area contributed by atoms with Gasteiger partial charge in [-0.05, 0) is 42.4 Å². The largest absolute Gasteiger partial charge is 0.354 e. The molecule has 6 rings (SSSR count). The number of hydrogen-bond donors (Lipinski definition) is 2. The molecule has 0 radical (unpaired) electrons. The molecule has 156 valence electrons. The number of benzene rings is 2. The number of aromatic nitrogens is 3. The van der Waals surface area contributed by atoms with Crippen LogP contribution in [0.25, 0.3) is 22.2 Å². The van der Waals surface area contributed by atoms with Crippen molar-refractivity contribution in [2.24, 2.45) is 5.92 Å². The van der Waals surface area contributed by atoms with Crippen LogP contribution in [0.1, 0.15) is 35.5 Å². The third-order valence-corrected chi connectivity index (χ3v) is 6.64. The highest BCUT2D eigenvalue weighted by Crippen LogP contribution is 2.33. The lowest BCUT2D eigenvalue weighted by Crippen LogP contribution is -2.35. The fourth-order valence-electron chi connectivity index (χ4n) is 4.81. The van der Waals surface area contributed by atoms with Crippen LogP contribution >= 0.6 is 0 Å². The molecule has 1 fully saturated rings. The van der Waals surface area contributed by atoms with Gasteiger partial charge in [-0.3, -0.25) is 9.69 Å². The molecule has 0 amide bonds. The zero-order valence-electron chi connectivity index (χ0n) is 17.5. The van der Waals surface area contributed by atoms with Gasteiger partial charge in [0, 0.05) is 42.5 Å². The molecule has 1 aliphatic carbocycles.